The van der Waals surface area contributed by atoms with E-state index in [1.165, 1.54) is 0 Å². The van der Waals surface area contributed by atoms with E-state index in [0.717, 1.165) is 18.2 Å². The molecule has 88 valence electrons. The predicted molar refractivity (Wildman–Crippen MR) is 58.3 cm³/mol. The second kappa shape index (κ2) is 4.58. The molecule has 0 fully saturated rings. The number of phenols is 1. The third-order valence-corrected chi connectivity index (χ3v) is 3.33. The molecule has 1 aromatic rings. The van der Waals surface area contributed by atoms with E-state index in [4.69, 9.17) is 16.7 Å². The van der Waals surface area contributed by atoms with Crippen molar-refractivity contribution in [2.24, 2.45) is 0 Å². The summed E-state index contributed by atoms with van der Waals surface area (Å²) in [6, 6.07) is 3.23. The van der Waals surface area contributed by atoms with Crippen LogP contribution in [0.3, 0.4) is 0 Å². The zero-order chi connectivity index (χ0) is 12.3. The second-order valence-corrected chi connectivity index (χ2v) is 5.17. The first kappa shape index (κ1) is 12.6. The van der Waals surface area contributed by atoms with Gasteiger partial charge in [-0.25, -0.2) is 13.2 Å². The van der Waals surface area contributed by atoms with Gasteiger partial charge in [0.2, 0.25) is 10.0 Å². The van der Waals surface area contributed by atoms with Crippen molar-refractivity contribution in [1.82, 2.24) is 0 Å². The lowest BCUT2D eigenvalue weighted by atomic mass is 10.2. The summed E-state index contributed by atoms with van der Waals surface area (Å²) >= 11 is 5.15. The van der Waals surface area contributed by atoms with E-state index in [-0.39, 0.29) is 17.0 Å². The van der Waals surface area contributed by atoms with Gasteiger partial charge in [-0.2, -0.15) is 0 Å². The molecule has 0 atom stereocenters. The molecule has 0 amide bonds. The molecule has 1 aromatic carbocycles. The van der Waals surface area contributed by atoms with Gasteiger partial charge in [-0.05, 0) is 18.2 Å². The van der Waals surface area contributed by atoms with Crippen molar-refractivity contribution in [3.05, 3.63) is 23.8 Å². The lowest BCUT2D eigenvalue weighted by molar-refractivity contribution is 0.0697. The van der Waals surface area contributed by atoms with Crippen LogP contribution in [0.4, 0.5) is 5.69 Å². The van der Waals surface area contributed by atoms with Crippen LogP contribution in [0, 0.1) is 0 Å². The fourth-order valence-corrected chi connectivity index (χ4v) is 1.66. The van der Waals surface area contributed by atoms with Crippen LogP contribution in [0.25, 0.3) is 0 Å². The summed E-state index contributed by atoms with van der Waals surface area (Å²) in [5.41, 5.74) is -0.370. The van der Waals surface area contributed by atoms with Gasteiger partial charge in [0.05, 0.1) is 11.3 Å². The van der Waals surface area contributed by atoms with Crippen molar-refractivity contribution < 1.29 is 23.4 Å². The summed E-state index contributed by atoms with van der Waals surface area (Å²) in [5.74, 6) is -1.61. The zero-order valence-electron chi connectivity index (χ0n) is 7.84. The number of phenolic OH excluding ortho intramolecular Hbond substituents is 1. The van der Waals surface area contributed by atoms with Crippen molar-refractivity contribution in [1.29, 1.82) is 0 Å². The molecule has 1 rings (SSSR count). The van der Waals surface area contributed by atoms with Crippen LogP contribution < -0.4 is 4.72 Å². The Balaban J connectivity index is 3.13. The molecule has 0 heterocycles. The lowest BCUT2D eigenvalue weighted by Gasteiger charge is -2.07. The molecule has 0 saturated heterocycles. The topological polar surface area (TPSA) is 104 Å². The Morgan fingerprint density at radius 3 is 2.56 bits per heavy atom. The maximum absolute atomic E-state index is 11.1. The van der Waals surface area contributed by atoms with E-state index in [0.29, 0.717) is 0 Å². The maximum Gasteiger partial charge on any atom is 0.335 e. The Kier molecular flexibility index (Phi) is 3.61. The van der Waals surface area contributed by atoms with Crippen LogP contribution in [-0.4, -0.2) is 29.8 Å². The van der Waals surface area contributed by atoms with E-state index in [2.05, 4.69) is 0 Å². The Morgan fingerprint density at radius 2 is 2.06 bits per heavy atom. The highest BCUT2D eigenvalue weighted by Gasteiger charge is 2.13. The normalized spacial score (nSPS) is 11.1. The molecule has 0 bridgehead atoms. The Bertz CT molecular complexity index is 513. The monoisotopic (exact) mass is 265 g/mol. The Morgan fingerprint density at radius 1 is 1.44 bits per heavy atom. The highest BCUT2D eigenvalue weighted by molar-refractivity contribution is 7.93. The van der Waals surface area contributed by atoms with Crippen LogP contribution in [-0.2, 0) is 10.0 Å². The number of benzene rings is 1. The summed E-state index contributed by atoms with van der Waals surface area (Å²) < 4.78 is 24.2. The fraction of sp³-hybridized carbons (Fsp3) is 0.125. The van der Waals surface area contributed by atoms with E-state index in [1.54, 1.807) is 0 Å². The number of carbonyl (C=O) groups is 1. The predicted octanol–water partition coefficient (Wildman–Crippen LogP) is 1.03. The molecule has 8 heteroatoms. The maximum atomic E-state index is 11.1. The Labute approximate surface area is 96.5 Å². The number of aromatic hydroxyl groups is 1. The highest BCUT2D eigenvalue weighted by atomic mass is 35.5. The Hall–Kier alpha value is -1.47. The number of hydrogen-bond donors (Lipinski definition) is 3. The molecule has 0 radical (unpaired) electrons. The minimum Gasteiger partial charge on any atom is -0.506 e. The minimum absolute atomic E-state index is 0.148. The first-order valence-electron chi connectivity index (χ1n) is 3.98. The quantitative estimate of drug-likeness (QED) is 0.557. The van der Waals surface area contributed by atoms with Crippen molar-refractivity contribution in [2.45, 2.75) is 0 Å². The van der Waals surface area contributed by atoms with Crippen molar-refractivity contribution >= 4 is 33.3 Å². The summed E-state index contributed by atoms with van der Waals surface area (Å²) in [7, 11) is -3.78. The lowest BCUT2D eigenvalue weighted by Crippen LogP contribution is -2.14. The molecule has 16 heavy (non-hydrogen) atoms. The van der Waals surface area contributed by atoms with Crippen LogP contribution in [0.5, 0.6) is 5.75 Å². The molecule has 0 aliphatic rings. The molecule has 0 unspecified atom stereocenters. The van der Waals surface area contributed by atoms with Crippen LogP contribution >= 0.6 is 11.6 Å². The van der Waals surface area contributed by atoms with Gasteiger partial charge in [0.1, 0.15) is 11.0 Å². The number of sulfonamides is 1. The first-order chi connectivity index (χ1) is 7.35. The smallest absolute Gasteiger partial charge is 0.335 e. The van der Waals surface area contributed by atoms with Gasteiger partial charge in [-0.1, -0.05) is 0 Å². The number of hydrogen-bond acceptors (Lipinski definition) is 4. The average Bonchev–Trinajstić information content (AvgIpc) is 2.21. The van der Waals surface area contributed by atoms with E-state index in [1.807, 2.05) is 4.72 Å². The number of halogens is 1. The van der Waals surface area contributed by atoms with Crippen molar-refractivity contribution in [3.8, 4) is 5.75 Å². The van der Waals surface area contributed by atoms with Gasteiger partial charge in [0.15, 0.2) is 0 Å². The second-order valence-electron chi connectivity index (χ2n) is 2.86. The fourth-order valence-electron chi connectivity index (χ4n) is 0.946. The van der Waals surface area contributed by atoms with Gasteiger partial charge in [0, 0.05) is 0 Å². The number of rotatable bonds is 4. The summed E-state index contributed by atoms with van der Waals surface area (Å²) in [6.45, 7) is 0. The molecule has 6 nitrogen and oxygen atoms in total. The van der Waals surface area contributed by atoms with Crippen LogP contribution in [0.1, 0.15) is 10.4 Å². The zero-order valence-corrected chi connectivity index (χ0v) is 9.42. The van der Waals surface area contributed by atoms with Gasteiger partial charge in [0.25, 0.3) is 0 Å². The van der Waals surface area contributed by atoms with Crippen molar-refractivity contribution in [2.75, 3.05) is 9.93 Å². The van der Waals surface area contributed by atoms with Gasteiger partial charge in [-0.15, -0.1) is 11.6 Å². The molecule has 0 aromatic heterocycles. The number of alkyl halides is 1. The summed E-state index contributed by atoms with van der Waals surface area (Å²) in [4.78, 5) is 10.6. The molecule has 0 saturated carbocycles. The van der Waals surface area contributed by atoms with Gasteiger partial charge in [-0.3, -0.25) is 4.72 Å². The molecule has 0 aliphatic heterocycles. The first-order valence-corrected chi connectivity index (χ1v) is 6.17. The molecular weight excluding hydrogens is 258 g/mol. The van der Waals surface area contributed by atoms with Gasteiger partial charge >= 0.3 is 5.97 Å². The van der Waals surface area contributed by atoms with Crippen LogP contribution in [0.2, 0.25) is 0 Å². The summed E-state index contributed by atoms with van der Waals surface area (Å²) in [6.07, 6.45) is 0. The standard InChI is InChI=1S/C8H8ClNO5S/c9-4-16(14,15)10-6-3-5(8(12)13)1-2-7(6)11/h1-3,10-11H,4H2,(H,12,13). The number of nitrogens with one attached hydrogen (secondary N) is 1. The number of aromatic carboxylic acids is 1. The number of anilines is 1. The average molecular weight is 266 g/mol. The SMILES string of the molecule is O=C(O)c1ccc(O)c(NS(=O)(=O)CCl)c1. The largest absolute Gasteiger partial charge is 0.506 e. The van der Waals surface area contributed by atoms with Crippen molar-refractivity contribution in [3.63, 3.8) is 0 Å². The van der Waals surface area contributed by atoms with E-state index in [9.17, 15) is 18.3 Å². The van der Waals surface area contributed by atoms with Crippen LogP contribution in [0.15, 0.2) is 18.2 Å². The highest BCUT2D eigenvalue weighted by Crippen LogP contribution is 2.25. The molecule has 0 aliphatic carbocycles. The summed E-state index contributed by atoms with van der Waals surface area (Å²) in [5, 5.41) is 17.3. The molecular formula is C8H8ClNO5S. The third-order valence-electron chi connectivity index (χ3n) is 1.65. The molecule has 3 N–H and O–H groups in total. The number of carboxylic acids is 1. The van der Waals surface area contributed by atoms with E-state index >= 15 is 0 Å². The molecule has 0 spiro atoms. The van der Waals surface area contributed by atoms with Gasteiger partial charge < -0.3 is 10.2 Å². The third kappa shape index (κ3) is 3.01. The number of carboxylic acid groups (broad SMARTS) is 1. The minimum atomic E-state index is -3.78. The van der Waals surface area contributed by atoms with E-state index < -0.39 is 21.2 Å².